The van der Waals surface area contributed by atoms with Gasteiger partial charge in [0.25, 0.3) is 0 Å². The molecule has 0 unspecified atom stereocenters. The van der Waals surface area contributed by atoms with E-state index in [4.69, 9.17) is 9.47 Å². The molecule has 120 valence electrons. The molecule has 0 saturated carbocycles. The molecule has 0 radical (unpaired) electrons. The Hall–Kier alpha value is -2.93. The van der Waals surface area contributed by atoms with Crippen molar-refractivity contribution in [2.24, 2.45) is 0 Å². The summed E-state index contributed by atoms with van der Waals surface area (Å²) in [6.07, 6.45) is 3.49. The number of fused-ring (bicyclic) bond motifs is 1. The fourth-order valence-electron chi connectivity index (χ4n) is 2.36. The predicted molar refractivity (Wildman–Crippen MR) is 90.2 cm³/mol. The molecule has 3 heterocycles. The van der Waals surface area contributed by atoms with E-state index < -0.39 is 0 Å². The van der Waals surface area contributed by atoms with Crippen LogP contribution in [0.25, 0.3) is 10.6 Å². The van der Waals surface area contributed by atoms with Crippen molar-refractivity contribution in [1.82, 2.24) is 9.97 Å². The van der Waals surface area contributed by atoms with E-state index >= 15 is 0 Å². The van der Waals surface area contributed by atoms with Crippen LogP contribution in [-0.4, -0.2) is 22.7 Å². The average molecular weight is 339 g/mol. The monoisotopic (exact) mass is 339 g/mol. The molecular formula is C17H13N3O3S. The molecule has 0 saturated heterocycles. The molecule has 0 aliphatic carbocycles. The third-order valence-electron chi connectivity index (χ3n) is 3.46. The standard InChI is InChI=1S/C17H13N3O3S/c21-16(19-12-2-1-5-18-8-12)7-13-9-24-17(20-13)11-3-4-14-15(6-11)23-10-22-14/h1-6,8-9H,7,10H2,(H,19,21). The fourth-order valence-corrected chi connectivity index (χ4v) is 3.17. The molecule has 1 N–H and O–H groups in total. The quantitative estimate of drug-likeness (QED) is 0.790. The van der Waals surface area contributed by atoms with Gasteiger partial charge in [0.05, 0.1) is 24.0 Å². The first-order valence-electron chi connectivity index (χ1n) is 7.32. The van der Waals surface area contributed by atoms with Gasteiger partial charge in [-0.3, -0.25) is 9.78 Å². The van der Waals surface area contributed by atoms with Crippen molar-refractivity contribution in [1.29, 1.82) is 0 Å². The number of anilines is 1. The lowest BCUT2D eigenvalue weighted by Crippen LogP contribution is -2.14. The maximum absolute atomic E-state index is 12.1. The summed E-state index contributed by atoms with van der Waals surface area (Å²) in [5, 5.41) is 5.54. The summed E-state index contributed by atoms with van der Waals surface area (Å²) in [5.41, 5.74) is 2.35. The van der Waals surface area contributed by atoms with Crippen LogP contribution in [0.5, 0.6) is 11.5 Å². The van der Waals surface area contributed by atoms with Crippen LogP contribution in [-0.2, 0) is 11.2 Å². The second kappa shape index (κ2) is 6.29. The van der Waals surface area contributed by atoms with Crippen LogP contribution in [0.2, 0.25) is 0 Å². The number of aromatic nitrogens is 2. The lowest BCUT2D eigenvalue weighted by molar-refractivity contribution is -0.115. The summed E-state index contributed by atoms with van der Waals surface area (Å²) in [6.45, 7) is 0.246. The zero-order valence-corrected chi connectivity index (χ0v) is 13.4. The van der Waals surface area contributed by atoms with Crippen LogP contribution in [0, 0.1) is 0 Å². The van der Waals surface area contributed by atoms with Crippen LogP contribution < -0.4 is 14.8 Å². The summed E-state index contributed by atoms with van der Waals surface area (Å²) in [5.74, 6) is 1.34. The normalized spacial score (nSPS) is 12.2. The van der Waals surface area contributed by atoms with E-state index in [0.29, 0.717) is 5.69 Å². The summed E-state index contributed by atoms with van der Waals surface area (Å²) in [7, 11) is 0. The van der Waals surface area contributed by atoms with Crippen LogP contribution in [0.15, 0.2) is 48.1 Å². The smallest absolute Gasteiger partial charge is 0.231 e. The van der Waals surface area contributed by atoms with Crippen LogP contribution in [0.1, 0.15) is 5.69 Å². The van der Waals surface area contributed by atoms with E-state index in [1.165, 1.54) is 11.3 Å². The van der Waals surface area contributed by atoms with Gasteiger partial charge in [0.2, 0.25) is 12.7 Å². The van der Waals surface area contributed by atoms with Crippen molar-refractivity contribution in [2.45, 2.75) is 6.42 Å². The number of carbonyl (C=O) groups excluding carboxylic acids is 1. The SMILES string of the molecule is O=C(Cc1csc(-c2ccc3c(c2)OCO3)n1)Nc1cccnc1. The maximum Gasteiger partial charge on any atom is 0.231 e. The highest BCUT2D eigenvalue weighted by Gasteiger charge is 2.16. The van der Waals surface area contributed by atoms with Gasteiger partial charge in [-0.2, -0.15) is 0 Å². The molecule has 1 aliphatic heterocycles. The highest BCUT2D eigenvalue weighted by Crippen LogP contribution is 2.36. The van der Waals surface area contributed by atoms with Crippen molar-refractivity contribution in [3.8, 4) is 22.1 Å². The topological polar surface area (TPSA) is 73.3 Å². The van der Waals surface area contributed by atoms with Gasteiger partial charge in [-0.05, 0) is 30.3 Å². The molecule has 1 aromatic carbocycles. The second-order valence-electron chi connectivity index (χ2n) is 5.18. The number of thiazole rings is 1. The summed E-state index contributed by atoms with van der Waals surface area (Å²) >= 11 is 1.50. The van der Waals surface area contributed by atoms with Gasteiger partial charge < -0.3 is 14.8 Å². The minimum absolute atomic E-state index is 0.120. The zero-order valence-electron chi connectivity index (χ0n) is 12.6. The van der Waals surface area contributed by atoms with E-state index in [9.17, 15) is 4.79 Å². The number of pyridine rings is 1. The summed E-state index contributed by atoms with van der Waals surface area (Å²) in [4.78, 5) is 20.6. The van der Waals surface area contributed by atoms with Gasteiger partial charge in [0.15, 0.2) is 11.5 Å². The number of amides is 1. The number of ether oxygens (including phenoxy) is 2. The van der Waals surface area contributed by atoms with E-state index in [0.717, 1.165) is 27.8 Å². The Morgan fingerprint density at radius 1 is 1.25 bits per heavy atom. The molecular weight excluding hydrogens is 326 g/mol. The lowest BCUT2D eigenvalue weighted by Gasteiger charge is -2.02. The Balaban J connectivity index is 1.46. The van der Waals surface area contributed by atoms with Gasteiger partial charge in [-0.15, -0.1) is 11.3 Å². The minimum Gasteiger partial charge on any atom is -0.454 e. The molecule has 1 aliphatic rings. The molecule has 0 spiro atoms. The number of rotatable bonds is 4. The third-order valence-corrected chi connectivity index (χ3v) is 4.40. The Bertz CT molecular complexity index is 880. The fraction of sp³-hybridized carbons (Fsp3) is 0.118. The van der Waals surface area contributed by atoms with Crippen molar-refractivity contribution in [2.75, 3.05) is 12.1 Å². The van der Waals surface area contributed by atoms with Crippen molar-refractivity contribution < 1.29 is 14.3 Å². The number of benzene rings is 1. The molecule has 7 heteroatoms. The van der Waals surface area contributed by atoms with Crippen LogP contribution in [0.4, 0.5) is 5.69 Å². The van der Waals surface area contributed by atoms with Crippen LogP contribution >= 0.6 is 11.3 Å². The first kappa shape index (κ1) is 14.6. The highest BCUT2D eigenvalue weighted by atomic mass is 32.1. The van der Waals surface area contributed by atoms with E-state index in [1.54, 1.807) is 24.5 Å². The van der Waals surface area contributed by atoms with Gasteiger partial charge in [0.1, 0.15) is 5.01 Å². The van der Waals surface area contributed by atoms with Crippen molar-refractivity contribution >= 4 is 22.9 Å². The third kappa shape index (κ3) is 3.07. The molecule has 3 aromatic rings. The zero-order chi connectivity index (χ0) is 16.4. The lowest BCUT2D eigenvalue weighted by atomic mass is 10.2. The molecule has 0 atom stereocenters. The number of hydrogen-bond donors (Lipinski definition) is 1. The first-order valence-corrected chi connectivity index (χ1v) is 8.20. The number of carbonyl (C=O) groups is 1. The van der Waals surface area contributed by atoms with Gasteiger partial charge >= 0.3 is 0 Å². The molecule has 24 heavy (non-hydrogen) atoms. The molecule has 0 fully saturated rings. The molecule has 2 aromatic heterocycles. The Labute approximate surface area is 142 Å². The van der Waals surface area contributed by atoms with E-state index in [1.807, 2.05) is 23.6 Å². The first-order chi connectivity index (χ1) is 11.8. The van der Waals surface area contributed by atoms with Gasteiger partial charge in [0, 0.05) is 17.1 Å². The summed E-state index contributed by atoms with van der Waals surface area (Å²) in [6, 6.07) is 9.28. The van der Waals surface area contributed by atoms with Gasteiger partial charge in [-0.1, -0.05) is 0 Å². The molecule has 6 nitrogen and oxygen atoms in total. The molecule has 4 rings (SSSR count). The van der Waals surface area contributed by atoms with E-state index in [2.05, 4.69) is 15.3 Å². The van der Waals surface area contributed by atoms with Gasteiger partial charge in [-0.25, -0.2) is 4.98 Å². The Morgan fingerprint density at radius 2 is 2.17 bits per heavy atom. The van der Waals surface area contributed by atoms with E-state index in [-0.39, 0.29) is 19.1 Å². The molecule has 1 amide bonds. The minimum atomic E-state index is -0.120. The molecule has 0 bridgehead atoms. The largest absolute Gasteiger partial charge is 0.454 e. The van der Waals surface area contributed by atoms with Crippen molar-refractivity contribution in [3.05, 3.63) is 53.8 Å². The Morgan fingerprint density at radius 3 is 3.04 bits per heavy atom. The number of hydrogen-bond acceptors (Lipinski definition) is 6. The summed E-state index contributed by atoms with van der Waals surface area (Å²) < 4.78 is 10.7. The number of nitrogens with one attached hydrogen (secondary N) is 1. The predicted octanol–water partition coefficient (Wildman–Crippen LogP) is 3.12. The Kier molecular flexibility index (Phi) is 3.84. The maximum atomic E-state index is 12.1. The van der Waals surface area contributed by atoms with Crippen LogP contribution in [0.3, 0.4) is 0 Å². The second-order valence-corrected chi connectivity index (χ2v) is 6.04. The average Bonchev–Trinajstić information content (AvgIpc) is 3.24. The number of nitrogens with zero attached hydrogens (tertiary/aromatic N) is 2. The van der Waals surface area contributed by atoms with Crippen molar-refractivity contribution in [3.63, 3.8) is 0 Å². The highest BCUT2D eigenvalue weighted by molar-refractivity contribution is 7.13.